The van der Waals surface area contributed by atoms with E-state index in [9.17, 15) is 4.79 Å². The van der Waals surface area contributed by atoms with Gasteiger partial charge in [0.15, 0.2) is 0 Å². The molecule has 2 rings (SSSR count). The van der Waals surface area contributed by atoms with Gasteiger partial charge in [-0.05, 0) is 25.3 Å². The molecule has 2 aliphatic rings. The highest BCUT2D eigenvalue weighted by Crippen LogP contribution is 2.25. The third-order valence-electron chi connectivity index (χ3n) is 3.44. The Balaban J connectivity index is 1.86. The molecule has 15 heavy (non-hydrogen) atoms. The second kappa shape index (κ2) is 4.67. The fourth-order valence-electron chi connectivity index (χ4n) is 2.59. The van der Waals surface area contributed by atoms with Crippen molar-refractivity contribution in [1.82, 2.24) is 10.2 Å². The maximum atomic E-state index is 11.8. The summed E-state index contributed by atoms with van der Waals surface area (Å²) in [5.41, 5.74) is 0. The average Bonchev–Trinajstić information content (AvgIpc) is 2.69. The molecule has 0 aliphatic carbocycles. The molecule has 82 valence electrons. The molecule has 0 saturated carbocycles. The Bertz CT molecular complexity index is 268. The van der Waals surface area contributed by atoms with E-state index >= 15 is 0 Å². The molecule has 0 spiro atoms. The zero-order valence-corrected chi connectivity index (χ0v) is 9.04. The van der Waals surface area contributed by atoms with Crippen LogP contribution in [0.25, 0.3) is 0 Å². The summed E-state index contributed by atoms with van der Waals surface area (Å²) in [5, 5.41) is 3.49. The topological polar surface area (TPSA) is 32.3 Å². The molecule has 1 amide bonds. The van der Waals surface area contributed by atoms with Crippen LogP contribution in [0, 0.1) is 18.3 Å². The van der Waals surface area contributed by atoms with Gasteiger partial charge in [-0.15, -0.1) is 12.3 Å². The number of fused-ring (bicyclic) bond motifs is 1. The SMILES string of the molecule is C#CCCC(=O)N1C[C@@H]2CCCN[C@@H]2C1. The number of piperidine rings is 1. The maximum absolute atomic E-state index is 11.8. The van der Waals surface area contributed by atoms with E-state index in [4.69, 9.17) is 6.42 Å². The Hall–Kier alpha value is -1.01. The summed E-state index contributed by atoms with van der Waals surface area (Å²) < 4.78 is 0. The lowest BCUT2D eigenvalue weighted by molar-refractivity contribution is -0.130. The molecule has 0 aromatic rings. The molecule has 3 heteroatoms. The quantitative estimate of drug-likeness (QED) is 0.671. The molecular formula is C12H18N2O. The van der Waals surface area contributed by atoms with Crippen LogP contribution in [0.15, 0.2) is 0 Å². The summed E-state index contributed by atoms with van der Waals surface area (Å²) in [4.78, 5) is 13.7. The molecule has 2 aliphatic heterocycles. The first-order valence-corrected chi connectivity index (χ1v) is 5.76. The Kier molecular flexibility index (Phi) is 3.27. The monoisotopic (exact) mass is 206 g/mol. The lowest BCUT2D eigenvalue weighted by Crippen LogP contribution is -2.41. The summed E-state index contributed by atoms with van der Waals surface area (Å²) in [5.74, 6) is 3.42. The number of nitrogens with zero attached hydrogens (tertiary/aromatic N) is 1. The maximum Gasteiger partial charge on any atom is 0.223 e. The lowest BCUT2D eigenvalue weighted by atomic mass is 9.94. The summed E-state index contributed by atoms with van der Waals surface area (Å²) >= 11 is 0. The van der Waals surface area contributed by atoms with Gasteiger partial charge in [-0.3, -0.25) is 4.79 Å². The van der Waals surface area contributed by atoms with Crippen LogP contribution in [0.3, 0.4) is 0 Å². The van der Waals surface area contributed by atoms with Crippen LogP contribution in [-0.4, -0.2) is 36.5 Å². The van der Waals surface area contributed by atoms with Crippen molar-refractivity contribution in [3.05, 3.63) is 0 Å². The highest BCUT2D eigenvalue weighted by atomic mass is 16.2. The van der Waals surface area contributed by atoms with Crippen molar-refractivity contribution in [1.29, 1.82) is 0 Å². The van der Waals surface area contributed by atoms with Crippen LogP contribution in [0.4, 0.5) is 0 Å². The highest BCUT2D eigenvalue weighted by molar-refractivity contribution is 5.76. The molecule has 2 atom stereocenters. The van der Waals surface area contributed by atoms with Gasteiger partial charge in [0.05, 0.1) is 0 Å². The minimum atomic E-state index is 0.226. The molecule has 2 fully saturated rings. The molecule has 0 bridgehead atoms. The van der Waals surface area contributed by atoms with Crippen molar-refractivity contribution >= 4 is 5.91 Å². The molecule has 1 N–H and O–H groups in total. The van der Waals surface area contributed by atoms with Gasteiger partial charge < -0.3 is 10.2 Å². The smallest absolute Gasteiger partial charge is 0.223 e. The fraction of sp³-hybridized carbons (Fsp3) is 0.750. The van der Waals surface area contributed by atoms with E-state index in [2.05, 4.69) is 11.2 Å². The van der Waals surface area contributed by atoms with Gasteiger partial charge >= 0.3 is 0 Å². The van der Waals surface area contributed by atoms with E-state index in [1.165, 1.54) is 12.8 Å². The van der Waals surface area contributed by atoms with Gasteiger partial charge in [-0.2, -0.15) is 0 Å². The number of hydrogen-bond acceptors (Lipinski definition) is 2. The zero-order valence-electron chi connectivity index (χ0n) is 9.04. The van der Waals surface area contributed by atoms with Crippen LogP contribution in [0.1, 0.15) is 25.7 Å². The molecule has 2 heterocycles. The number of hydrogen-bond donors (Lipinski definition) is 1. The minimum absolute atomic E-state index is 0.226. The number of likely N-dealkylation sites (tertiary alicyclic amines) is 1. The number of carbonyl (C=O) groups excluding carboxylic acids is 1. The minimum Gasteiger partial charge on any atom is -0.341 e. The summed E-state index contributed by atoms with van der Waals surface area (Å²) in [6, 6.07) is 0.536. The van der Waals surface area contributed by atoms with Gasteiger partial charge in [0.2, 0.25) is 5.91 Å². The number of amides is 1. The van der Waals surface area contributed by atoms with Crippen molar-refractivity contribution in [2.45, 2.75) is 31.7 Å². The van der Waals surface area contributed by atoms with Gasteiger partial charge in [0.1, 0.15) is 0 Å². The second-order valence-corrected chi connectivity index (χ2v) is 4.47. The van der Waals surface area contributed by atoms with E-state index < -0.39 is 0 Å². The van der Waals surface area contributed by atoms with E-state index in [0.717, 1.165) is 19.6 Å². The average molecular weight is 206 g/mol. The van der Waals surface area contributed by atoms with Crippen molar-refractivity contribution in [2.75, 3.05) is 19.6 Å². The third-order valence-corrected chi connectivity index (χ3v) is 3.44. The standard InChI is InChI=1S/C12H18N2O/c1-2-3-6-12(15)14-8-10-5-4-7-13-11(10)9-14/h1,10-11,13H,3-9H2/t10-,11+/m0/s1. The van der Waals surface area contributed by atoms with E-state index in [1.54, 1.807) is 0 Å². The number of nitrogens with one attached hydrogen (secondary N) is 1. The van der Waals surface area contributed by atoms with Gasteiger partial charge in [-0.25, -0.2) is 0 Å². The largest absolute Gasteiger partial charge is 0.341 e. The molecule has 2 saturated heterocycles. The van der Waals surface area contributed by atoms with Crippen LogP contribution in [0.5, 0.6) is 0 Å². The highest BCUT2D eigenvalue weighted by Gasteiger charge is 2.35. The van der Waals surface area contributed by atoms with Gasteiger partial charge in [0, 0.05) is 32.0 Å². The first-order chi connectivity index (χ1) is 7.31. The Morgan fingerprint density at radius 2 is 2.40 bits per heavy atom. The molecular weight excluding hydrogens is 188 g/mol. The predicted molar refractivity (Wildman–Crippen MR) is 59.2 cm³/mol. The molecule has 0 aromatic carbocycles. The first-order valence-electron chi connectivity index (χ1n) is 5.76. The van der Waals surface area contributed by atoms with Crippen molar-refractivity contribution in [3.63, 3.8) is 0 Å². The van der Waals surface area contributed by atoms with Crippen molar-refractivity contribution < 1.29 is 4.79 Å². The molecule has 3 nitrogen and oxygen atoms in total. The normalized spacial score (nSPS) is 29.7. The molecule has 0 unspecified atom stereocenters. The van der Waals surface area contributed by atoms with Gasteiger partial charge in [-0.1, -0.05) is 0 Å². The Morgan fingerprint density at radius 1 is 1.53 bits per heavy atom. The van der Waals surface area contributed by atoms with Crippen LogP contribution in [-0.2, 0) is 4.79 Å². The fourth-order valence-corrected chi connectivity index (χ4v) is 2.59. The number of rotatable bonds is 2. The molecule has 0 aromatic heterocycles. The Labute approximate surface area is 91.2 Å². The van der Waals surface area contributed by atoms with Crippen LogP contribution >= 0.6 is 0 Å². The van der Waals surface area contributed by atoms with Crippen molar-refractivity contribution in [3.8, 4) is 12.3 Å². The summed E-state index contributed by atoms with van der Waals surface area (Å²) in [6.45, 7) is 2.92. The molecule has 0 radical (unpaired) electrons. The van der Waals surface area contributed by atoms with E-state index in [0.29, 0.717) is 24.8 Å². The van der Waals surface area contributed by atoms with Crippen LogP contribution < -0.4 is 5.32 Å². The lowest BCUT2D eigenvalue weighted by Gasteiger charge is -2.24. The van der Waals surface area contributed by atoms with Gasteiger partial charge in [0.25, 0.3) is 0 Å². The summed E-state index contributed by atoms with van der Waals surface area (Å²) in [6.07, 6.45) is 8.74. The van der Waals surface area contributed by atoms with Crippen molar-refractivity contribution in [2.24, 2.45) is 5.92 Å². The van der Waals surface area contributed by atoms with Crippen LogP contribution in [0.2, 0.25) is 0 Å². The Morgan fingerprint density at radius 3 is 3.13 bits per heavy atom. The second-order valence-electron chi connectivity index (χ2n) is 4.47. The number of terminal acetylenes is 1. The van der Waals surface area contributed by atoms with E-state index in [1.807, 2.05) is 4.90 Å². The number of carbonyl (C=O) groups is 1. The predicted octanol–water partition coefficient (Wildman–Crippen LogP) is 0.610. The van der Waals surface area contributed by atoms with E-state index in [-0.39, 0.29) is 5.91 Å². The summed E-state index contributed by atoms with van der Waals surface area (Å²) in [7, 11) is 0. The zero-order chi connectivity index (χ0) is 10.7. The first kappa shape index (κ1) is 10.5. The third kappa shape index (κ3) is 2.32.